The fourth-order valence-corrected chi connectivity index (χ4v) is 3.75. The van der Waals surface area contributed by atoms with E-state index in [0.29, 0.717) is 44.3 Å². The topological polar surface area (TPSA) is 59.7 Å². The molecule has 0 spiro atoms. The number of likely N-dealkylation sites (tertiary alicyclic amines) is 1. The van der Waals surface area contributed by atoms with Gasteiger partial charge in [-0.25, -0.2) is 0 Å². The lowest BCUT2D eigenvalue weighted by atomic mass is 9.98. The summed E-state index contributed by atoms with van der Waals surface area (Å²) in [7, 11) is 2.17. The van der Waals surface area contributed by atoms with Crippen molar-refractivity contribution >= 4 is 11.8 Å². The Labute approximate surface area is 143 Å². The summed E-state index contributed by atoms with van der Waals surface area (Å²) in [6.07, 6.45) is 7.11. The molecule has 3 heterocycles. The number of carbonyl (C=O) groups excluding carboxylic acids is 2. The van der Waals surface area contributed by atoms with Crippen molar-refractivity contribution in [2.24, 2.45) is 0 Å². The van der Waals surface area contributed by atoms with Crippen LogP contribution in [0.15, 0.2) is 18.3 Å². The molecular weight excluding hydrogens is 304 g/mol. The first kappa shape index (κ1) is 17.0. The summed E-state index contributed by atoms with van der Waals surface area (Å²) in [6, 6.07) is 4.17. The molecule has 1 N–H and O–H groups in total. The molecule has 1 aromatic heterocycles. The van der Waals surface area contributed by atoms with Crippen LogP contribution in [-0.2, 0) is 4.79 Å². The van der Waals surface area contributed by atoms with Crippen molar-refractivity contribution in [1.82, 2.24) is 19.7 Å². The summed E-state index contributed by atoms with van der Waals surface area (Å²) < 4.78 is 0. The maximum absolute atomic E-state index is 12.5. The average Bonchev–Trinajstić information content (AvgIpc) is 3.15. The van der Waals surface area contributed by atoms with E-state index in [1.54, 1.807) is 12.3 Å². The molecule has 2 aliphatic heterocycles. The van der Waals surface area contributed by atoms with E-state index >= 15 is 0 Å². The number of nitrogens with one attached hydrogen (secondary N) is 1. The van der Waals surface area contributed by atoms with Gasteiger partial charge in [0, 0.05) is 44.8 Å². The number of piperazine rings is 1. The third kappa shape index (κ3) is 3.98. The van der Waals surface area contributed by atoms with Crippen LogP contribution in [-0.4, -0.2) is 77.3 Å². The standard InChI is InChI=1S/C18H28N4O2/c1-20-10-3-2-5-15(20)7-8-17(23)21-11-13-22(14-12-21)18(24)16-6-4-9-19-16/h4,6,9,15,19H,2-3,5,7-8,10-14H2,1H3. The normalized spacial score (nSPS) is 22.6. The quantitative estimate of drug-likeness (QED) is 0.910. The molecule has 2 saturated heterocycles. The SMILES string of the molecule is CN1CCCCC1CCC(=O)N1CCN(C(=O)c2ccc[nH]2)CC1. The first-order valence-corrected chi connectivity index (χ1v) is 9.06. The molecular formula is C18H28N4O2. The van der Waals surface area contributed by atoms with E-state index in [1.807, 2.05) is 15.9 Å². The summed E-state index contributed by atoms with van der Waals surface area (Å²) in [6.45, 7) is 3.68. The second-order valence-corrected chi connectivity index (χ2v) is 6.93. The van der Waals surface area contributed by atoms with Gasteiger partial charge in [0.2, 0.25) is 5.91 Å². The van der Waals surface area contributed by atoms with Crippen LogP contribution in [0.3, 0.4) is 0 Å². The molecule has 6 heteroatoms. The maximum atomic E-state index is 12.5. The van der Waals surface area contributed by atoms with Crippen LogP contribution >= 0.6 is 0 Å². The Hall–Kier alpha value is -1.82. The average molecular weight is 332 g/mol. The molecule has 1 atom stereocenters. The number of amides is 2. The van der Waals surface area contributed by atoms with Gasteiger partial charge < -0.3 is 19.7 Å². The monoisotopic (exact) mass is 332 g/mol. The molecule has 0 bridgehead atoms. The lowest BCUT2D eigenvalue weighted by molar-refractivity contribution is -0.133. The van der Waals surface area contributed by atoms with Crippen molar-refractivity contribution < 1.29 is 9.59 Å². The number of piperidine rings is 1. The molecule has 0 saturated carbocycles. The number of nitrogens with zero attached hydrogens (tertiary/aromatic N) is 3. The van der Waals surface area contributed by atoms with E-state index < -0.39 is 0 Å². The lowest BCUT2D eigenvalue weighted by Gasteiger charge is -2.36. The molecule has 1 unspecified atom stereocenters. The number of carbonyl (C=O) groups is 2. The Morgan fingerprint density at radius 2 is 1.88 bits per heavy atom. The van der Waals surface area contributed by atoms with Crippen molar-refractivity contribution in [2.45, 2.75) is 38.1 Å². The van der Waals surface area contributed by atoms with Gasteiger partial charge in [-0.05, 0) is 45.0 Å². The minimum absolute atomic E-state index is 0.0240. The Bertz CT molecular complexity index is 549. The number of rotatable bonds is 4. The summed E-state index contributed by atoms with van der Waals surface area (Å²) >= 11 is 0. The van der Waals surface area contributed by atoms with Crippen LogP contribution < -0.4 is 0 Å². The second-order valence-electron chi connectivity index (χ2n) is 6.93. The molecule has 132 valence electrons. The number of aromatic amines is 1. The first-order valence-electron chi connectivity index (χ1n) is 9.06. The molecule has 24 heavy (non-hydrogen) atoms. The van der Waals surface area contributed by atoms with E-state index in [0.717, 1.165) is 13.0 Å². The van der Waals surface area contributed by atoms with E-state index in [1.165, 1.54) is 19.3 Å². The fourth-order valence-electron chi connectivity index (χ4n) is 3.75. The highest BCUT2D eigenvalue weighted by molar-refractivity contribution is 5.92. The third-order valence-electron chi connectivity index (χ3n) is 5.36. The number of H-pyrrole nitrogens is 1. The van der Waals surface area contributed by atoms with Gasteiger partial charge in [0.1, 0.15) is 5.69 Å². The van der Waals surface area contributed by atoms with Gasteiger partial charge in [0.15, 0.2) is 0 Å². The molecule has 3 rings (SSSR count). The van der Waals surface area contributed by atoms with E-state index in [9.17, 15) is 9.59 Å². The zero-order valence-electron chi connectivity index (χ0n) is 14.5. The van der Waals surface area contributed by atoms with Gasteiger partial charge in [-0.1, -0.05) is 6.42 Å². The smallest absolute Gasteiger partial charge is 0.270 e. The maximum Gasteiger partial charge on any atom is 0.270 e. The van der Waals surface area contributed by atoms with Crippen LogP contribution in [0.4, 0.5) is 0 Å². The zero-order valence-corrected chi connectivity index (χ0v) is 14.5. The molecule has 0 aromatic carbocycles. The third-order valence-corrected chi connectivity index (χ3v) is 5.36. The Morgan fingerprint density at radius 1 is 1.12 bits per heavy atom. The first-order chi connectivity index (χ1) is 11.6. The van der Waals surface area contributed by atoms with Gasteiger partial charge >= 0.3 is 0 Å². The van der Waals surface area contributed by atoms with Gasteiger partial charge in [-0.15, -0.1) is 0 Å². The van der Waals surface area contributed by atoms with Crippen molar-refractivity contribution in [3.63, 3.8) is 0 Å². The highest BCUT2D eigenvalue weighted by Crippen LogP contribution is 2.19. The molecule has 1 aromatic rings. The van der Waals surface area contributed by atoms with Crippen LogP contribution in [0.5, 0.6) is 0 Å². The van der Waals surface area contributed by atoms with Crippen molar-refractivity contribution in [3.8, 4) is 0 Å². The lowest BCUT2D eigenvalue weighted by Crippen LogP contribution is -2.50. The molecule has 6 nitrogen and oxygen atoms in total. The van der Waals surface area contributed by atoms with Gasteiger partial charge in [-0.3, -0.25) is 9.59 Å². The van der Waals surface area contributed by atoms with E-state index in [2.05, 4.69) is 16.9 Å². The van der Waals surface area contributed by atoms with Crippen LogP contribution in [0.1, 0.15) is 42.6 Å². The number of hydrogen-bond acceptors (Lipinski definition) is 3. The molecule has 0 aliphatic carbocycles. The minimum atomic E-state index is 0.0240. The highest BCUT2D eigenvalue weighted by atomic mass is 16.2. The van der Waals surface area contributed by atoms with Crippen LogP contribution in [0.25, 0.3) is 0 Å². The fraction of sp³-hybridized carbons (Fsp3) is 0.667. The predicted molar refractivity (Wildman–Crippen MR) is 92.8 cm³/mol. The van der Waals surface area contributed by atoms with Gasteiger partial charge in [-0.2, -0.15) is 0 Å². The largest absolute Gasteiger partial charge is 0.357 e. The Balaban J connectivity index is 1.42. The molecule has 2 aliphatic rings. The second kappa shape index (κ2) is 7.83. The van der Waals surface area contributed by atoms with E-state index in [4.69, 9.17) is 0 Å². The van der Waals surface area contributed by atoms with Gasteiger partial charge in [0.25, 0.3) is 5.91 Å². The van der Waals surface area contributed by atoms with Crippen molar-refractivity contribution in [3.05, 3.63) is 24.0 Å². The molecule has 0 radical (unpaired) electrons. The number of hydrogen-bond donors (Lipinski definition) is 1. The predicted octanol–water partition coefficient (Wildman–Crippen LogP) is 1.56. The van der Waals surface area contributed by atoms with Crippen molar-refractivity contribution in [2.75, 3.05) is 39.8 Å². The summed E-state index contributed by atoms with van der Waals surface area (Å²) in [5, 5.41) is 0. The minimum Gasteiger partial charge on any atom is -0.357 e. The van der Waals surface area contributed by atoms with Crippen LogP contribution in [0.2, 0.25) is 0 Å². The molecule has 2 amide bonds. The Morgan fingerprint density at radius 3 is 2.54 bits per heavy atom. The summed E-state index contributed by atoms with van der Waals surface area (Å²) in [4.78, 5) is 33.8. The molecule has 2 fully saturated rings. The summed E-state index contributed by atoms with van der Waals surface area (Å²) in [5.41, 5.74) is 0.620. The number of aromatic nitrogens is 1. The van der Waals surface area contributed by atoms with E-state index in [-0.39, 0.29) is 11.8 Å². The Kier molecular flexibility index (Phi) is 5.56. The van der Waals surface area contributed by atoms with Crippen LogP contribution in [0, 0.1) is 0 Å². The highest BCUT2D eigenvalue weighted by Gasteiger charge is 2.26. The zero-order chi connectivity index (χ0) is 16.9. The summed E-state index contributed by atoms with van der Waals surface area (Å²) in [5.74, 6) is 0.261. The van der Waals surface area contributed by atoms with Crippen molar-refractivity contribution in [1.29, 1.82) is 0 Å². The van der Waals surface area contributed by atoms with Gasteiger partial charge in [0.05, 0.1) is 0 Å².